The maximum absolute atomic E-state index is 12.0. The van der Waals surface area contributed by atoms with Crippen LogP contribution < -0.4 is 4.74 Å². The van der Waals surface area contributed by atoms with Gasteiger partial charge in [-0.3, -0.25) is 0 Å². The standard InChI is InChI=1S/C18H17NO3S2/c1-4-22-18(20)16-11(2)19-17(24-16)15-10-9-14(23-15)12-7-5-6-8-13(12)21-3/h5-10H,4H2,1-3H3. The molecule has 0 aliphatic carbocycles. The van der Waals surface area contributed by atoms with E-state index in [2.05, 4.69) is 11.1 Å². The number of methoxy groups -OCH3 is 1. The number of benzene rings is 1. The van der Waals surface area contributed by atoms with E-state index in [9.17, 15) is 4.79 Å². The summed E-state index contributed by atoms with van der Waals surface area (Å²) in [5, 5.41) is 0.835. The van der Waals surface area contributed by atoms with Gasteiger partial charge in [0.1, 0.15) is 15.6 Å². The predicted molar refractivity (Wildman–Crippen MR) is 98.1 cm³/mol. The zero-order valence-corrected chi connectivity index (χ0v) is 15.3. The minimum Gasteiger partial charge on any atom is -0.496 e. The Kier molecular flexibility index (Phi) is 4.97. The zero-order chi connectivity index (χ0) is 17.1. The number of hydrogen-bond acceptors (Lipinski definition) is 6. The average molecular weight is 359 g/mol. The van der Waals surface area contributed by atoms with Crippen LogP contribution in [0.1, 0.15) is 22.3 Å². The molecule has 1 aromatic carbocycles. The molecule has 0 fully saturated rings. The third-order valence-corrected chi connectivity index (χ3v) is 5.87. The molecule has 0 bridgehead atoms. The van der Waals surface area contributed by atoms with E-state index in [0.29, 0.717) is 17.2 Å². The van der Waals surface area contributed by atoms with Gasteiger partial charge in [0.05, 0.1) is 24.3 Å². The normalized spacial score (nSPS) is 10.6. The van der Waals surface area contributed by atoms with Gasteiger partial charge in [0.2, 0.25) is 0 Å². The van der Waals surface area contributed by atoms with Gasteiger partial charge in [0, 0.05) is 10.4 Å². The van der Waals surface area contributed by atoms with Crippen LogP contribution in [0.15, 0.2) is 36.4 Å². The zero-order valence-electron chi connectivity index (χ0n) is 13.7. The first kappa shape index (κ1) is 16.7. The van der Waals surface area contributed by atoms with Gasteiger partial charge in [-0.05, 0) is 38.1 Å². The van der Waals surface area contributed by atoms with Crippen molar-refractivity contribution in [1.29, 1.82) is 0 Å². The van der Waals surface area contributed by atoms with Gasteiger partial charge < -0.3 is 9.47 Å². The minimum atomic E-state index is -0.305. The fraction of sp³-hybridized carbons (Fsp3) is 0.222. The number of aryl methyl sites for hydroxylation is 1. The van der Waals surface area contributed by atoms with Gasteiger partial charge in [-0.1, -0.05) is 12.1 Å². The molecule has 2 aromatic heterocycles. The highest BCUT2D eigenvalue weighted by molar-refractivity contribution is 7.24. The van der Waals surface area contributed by atoms with Crippen molar-refractivity contribution in [3.05, 3.63) is 47.0 Å². The molecule has 0 atom stereocenters. The predicted octanol–water partition coefficient (Wildman–Crippen LogP) is 5.03. The number of rotatable bonds is 5. The summed E-state index contributed by atoms with van der Waals surface area (Å²) >= 11 is 3.00. The Morgan fingerprint density at radius 3 is 2.62 bits per heavy atom. The molecule has 124 valence electrons. The molecule has 0 saturated heterocycles. The van der Waals surface area contributed by atoms with Crippen molar-refractivity contribution >= 4 is 28.6 Å². The smallest absolute Gasteiger partial charge is 0.350 e. The molecule has 3 rings (SSSR count). The second kappa shape index (κ2) is 7.15. The average Bonchev–Trinajstić information content (AvgIpc) is 3.21. The summed E-state index contributed by atoms with van der Waals surface area (Å²) in [4.78, 5) is 19.2. The third kappa shape index (κ3) is 3.20. The van der Waals surface area contributed by atoms with Crippen LogP contribution in [0.5, 0.6) is 5.75 Å². The summed E-state index contributed by atoms with van der Waals surface area (Å²) in [7, 11) is 1.67. The largest absolute Gasteiger partial charge is 0.496 e. The van der Waals surface area contributed by atoms with Crippen LogP contribution in [0.4, 0.5) is 0 Å². The van der Waals surface area contributed by atoms with Gasteiger partial charge in [-0.25, -0.2) is 9.78 Å². The highest BCUT2D eigenvalue weighted by atomic mass is 32.1. The van der Waals surface area contributed by atoms with E-state index in [1.165, 1.54) is 11.3 Å². The van der Waals surface area contributed by atoms with Crippen LogP contribution in [0.3, 0.4) is 0 Å². The van der Waals surface area contributed by atoms with Crippen LogP contribution in [0.25, 0.3) is 20.3 Å². The van der Waals surface area contributed by atoms with Gasteiger partial charge in [0.25, 0.3) is 0 Å². The number of ether oxygens (including phenoxy) is 2. The first-order chi connectivity index (χ1) is 11.6. The Labute approximate surface area is 148 Å². The summed E-state index contributed by atoms with van der Waals surface area (Å²) in [5.41, 5.74) is 1.76. The van der Waals surface area contributed by atoms with E-state index >= 15 is 0 Å². The van der Waals surface area contributed by atoms with Gasteiger partial charge in [-0.15, -0.1) is 22.7 Å². The summed E-state index contributed by atoms with van der Waals surface area (Å²) in [6.45, 7) is 4.00. The number of hydrogen-bond donors (Lipinski definition) is 0. The highest BCUT2D eigenvalue weighted by Crippen LogP contribution is 2.40. The Hall–Kier alpha value is -2.18. The van der Waals surface area contributed by atoms with E-state index in [1.807, 2.05) is 37.3 Å². The molecule has 0 unspecified atom stereocenters. The van der Waals surface area contributed by atoms with Crippen LogP contribution in [0.2, 0.25) is 0 Å². The van der Waals surface area contributed by atoms with Crippen LogP contribution >= 0.6 is 22.7 Å². The lowest BCUT2D eigenvalue weighted by Gasteiger charge is -2.05. The molecule has 4 nitrogen and oxygen atoms in total. The molecule has 0 N–H and O–H groups in total. The van der Waals surface area contributed by atoms with E-state index in [-0.39, 0.29) is 5.97 Å². The molecule has 0 saturated carbocycles. The Morgan fingerprint density at radius 2 is 1.88 bits per heavy atom. The first-order valence-corrected chi connectivity index (χ1v) is 9.15. The molecule has 0 amide bonds. The van der Waals surface area contributed by atoms with Crippen LogP contribution in [0, 0.1) is 6.92 Å². The van der Waals surface area contributed by atoms with E-state index in [1.54, 1.807) is 25.4 Å². The van der Waals surface area contributed by atoms with Crippen molar-refractivity contribution in [2.45, 2.75) is 13.8 Å². The fourth-order valence-electron chi connectivity index (χ4n) is 2.33. The Morgan fingerprint density at radius 1 is 1.12 bits per heavy atom. The number of carbonyl (C=O) groups excluding carboxylic acids is 1. The van der Waals surface area contributed by atoms with E-state index in [0.717, 1.165) is 26.1 Å². The molecule has 0 spiro atoms. The van der Waals surface area contributed by atoms with Crippen molar-refractivity contribution in [3.8, 4) is 26.1 Å². The maximum Gasteiger partial charge on any atom is 0.350 e. The maximum atomic E-state index is 12.0. The number of thiophene rings is 1. The number of thiazole rings is 1. The van der Waals surface area contributed by atoms with Crippen molar-refractivity contribution in [2.75, 3.05) is 13.7 Å². The third-order valence-electron chi connectivity index (χ3n) is 3.45. The quantitative estimate of drug-likeness (QED) is 0.599. The fourth-order valence-corrected chi connectivity index (χ4v) is 4.38. The molecular formula is C18H17NO3S2. The number of carbonyl (C=O) groups is 1. The van der Waals surface area contributed by atoms with Crippen molar-refractivity contribution < 1.29 is 14.3 Å². The summed E-state index contributed by atoms with van der Waals surface area (Å²) in [5.74, 6) is 0.536. The molecule has 0 aliphatic rings. The summed E-state index contributed by atoms with van der Waals surface area (Å²) < 4.78 is 10.5. The lowest BCUT2D eigenvalue weighted by Crippen LogP contribution is -2.03. The summed E-state index contributed by atoms with van der Waals surface area (Å²) in [6.07, 6.45) is 0. The van der Waals surface area contributed by atoms with Gasteiger partial charge in [0.15, 0.2) is 0 Å². The van der Waals surface area contributed by atoms with Crippen molar-refractivity contribution in [1.82, 2.24) is 4.98 Å². The number of para-hydroxylation sites is 1. The highest BCUT2D eigenvalue weighted by Gasteiger charge is 2.18. The minimum absolute atomic E-state index is 0.305. The number of esters is 1. The second-order valence-electron chi connectivity index (χ2n) is 5.02. The van der Waals surface area contributed by atoms with Crippen LogP contribution in [-0.2, 0) is 4.74 Å². The summed E-state index contributed by atoms with van der Waals surface area (Å²) in [6, 6.07) is 12.0. The monoisotopic (exact) mass is 359 g/mol. The Balaban J connectivity index is 1.94. The molecule has 3 aromatic rings. The molecule has 2 heterocycles. The van der Waals surface area contributed by atoms with Gasteiger partial charge >= 0.3 is 5.97 Å². The number of aromatic nitrogens is 1. The Bertz CT molecular complexity index is 867. The number of nitrogens with zero attached hydrogens (tertiary/aromatic N) is 1. The lowest BCUT2D eigenvalue weighted by atomic mass is 10.1. The van der Waals surface area contributed by atoms with Crippen molar-refractivity contribution in [2.24, 2.45) is 0 Å². The molecule has 24 heavy (non-hydrogen) atoms. The SMILES string of the molecule is CCOC(=O)c1sc(-c2ccc(-c3ccccc3OC)s2)nc1C. The molecule has 6 heteroatoms. The molecule has 0 radical (unpaired) electrons. The first-order valence-electron chi connectivity index (χ1n) is 7.52. The van der Waals surface area contributed by atoms with Crippen molar-refractivity contribution in [3.63, 3.8) is 0 Å². The lowest BCUT2D eigenvalue weighted by molar-refractivity contribution is 0.0531. The molecular weight excluding hydrogens is 342 g/mol. The van der Waals surface area contributed by atoms with E-state index < -0.39 is 0 Å². The molecule has 0 aliphatic heterocycles. The van der Waals surface area contributed by atoms with Gasteiger partial charge in [-0.2, -0.15) is 0 Å². The van der Waals surface area contributed by atoms with Crippen LogP contribution in [-0.4, -0.2) is 24.7 Å². The second-order valence-corrected chi connectivity index (χ2v) is 7.10. The van der Waals surface area contributed by atoms with E-state index in [4.69, 9.17) is 9.47 Å². The topological polar surface area (TPSA) is 48.4 Å².